The van der Waals surface area contributed by atoms with Gasteiger partial charge < -0.3 is 4.90 Å². The Labute approximate surface area is 109 Å². The van der Waals surface area contributed by atoms with Crippen molar-refractivity contribution in [1.82, 2.24) is 4.90 Å². The first-order valence-electron chi connectivity index (χ1n) is 6.82. The van der Waals surface area contributed by atoms with Gasteiger partial charge in [0, 0.05) is 31.3 Å². The number of nitrogens with zero attached hydrogens (tertiary/aromatic N) is 1. The molecule has 2 rings (SSSR count). The van der Waals surface area contributed by atoms with Crippen LogP contribution in [0.3, 0.4) is 0 Å². The van der Waals surface area contributed by atoms with Gasteiger partial charge in [0.2, 0.25) is 0 Å². The maximum atomic E-state index is 11.5. The SMILES string of the molecule is CCCN(Cc1ccccc1)C1=CC(=O)CCC1. The third-order valence-corrected chi connectivity index (χ3v) is 3.30. The molecule has 1 aromatic rings. The molecule has 0 aromatic heterocycles. The van der Waals surface area contributed by atoms with E-state index in [4.69, 9.17) is 0 Å². The predicted molar refractivity (Wildman–Crippen MR) is 74.1 cm³/mol. The summed E-state index contributed by atoms with van der Waals surface area (Å²) < 4.78 is 0. The summed E-state index contributed by atoms with van der Waals surface area (Å²) in [5.41, 5.74) is 2.53. The lowest BCUT2D eigenvalue weighted by molar-refractivity contribution is -0.115. The van der Waals surface area contributed by atoms with E-state index < -0.39 is 0 Å². The van der Waals surface area contributed by atoms with Crippen LogP contribution in [-0.4, -0.2) is 17.2 Å². The first-order valence-corrected chi connectivity index (χ1v) is 6.82. The number of hydrogen-bond donors (Lipinski definition) is 0. The van der Waals surface area contributed by atoms with Crippen molar-refractivity contribution in [2.45, 2.75) is 39.2 Å². The topological polar surface area (TPSA) is 20.3 Å². The fourth-order valence-corrected chi connectivity index (χ4v) is 2.42. The van der Waals surface area contributed by atoms with Gasteiger partial charge in [-0.15, -0.1) is 0 Å². The molecule has 0 unspecified atom stereocenters. The Kier molecular flexibility index (Phi) is 4.57. The Morgan fingerprint density at radius 3 is 2.61 bits per heavy atom. The Hall–Kier alpha value is -1.57. The van der Waals surface area contributed by atoms with E-state index in [1.807, 2.05) is 12.1 Å². The normalized spacial score (nSPS) is 15.4. The van der Waals surface area contributed by atoms with E-state index in [-0.39, 0.29) is 5.78 Å². The van der Waals surface area contributed by atoms with Gasteiger partial charge in [-0.2, -0.15) is 0 Å². The first kappa shape index (κ1) is 12.9. The highest BCUT2D eigenvalue weighted by Crippen LogP contribution is 2.21. The van der Waals surface area contributed by atoms with Crippen LogP contribution in [0.2, 0.25) is 0 Å². The molecule has 2 nitrogen and oxygen atoms in total. The summed E-state index contributed by atoms with van der Waals surface area (Å²) in [5, 5.41) is 0. The summed E-state index contributed by atoms with van der Waals surface area (Å²) in [4.78, 5) is 13.9. The molecule has 0 heterocycles. The molecule has 0 radical (unpaired) electrons. The van der Waals surface area contributed by atoms with Crippen molar-refractivity contribution in [2.75, 3.05) is 6.54 Å². The zero-order valence-corrected chi connectivity index (χ0v) is 11.1. The number of carbonyl (C=O) groups is 1. The van der Waals surface area contributed by atoms with Crippen molar-refractivity contribution >= 4 is 5.78 Å². The monoisotopic (exact) mass is 243 g/mol. The van der Waals surface area contributed by atoms with Crippen LogP contribution in [0.25, 0.3) is 0 Å². The molecule has 1 aliphatic rings. The summed E-state index contributed by atoms with van der Waals surface area (Å²) in [5.74, 6) is 0.283. The van der Waals surface area contributed by atoms with Crippen LogP contribution >= 0.6 is 0 Å². The van der Waals surface area contributed by atoms with Crippen molar-refractivity contribution in [3.63, 3.8) is 0 Å². The molecule has 0 atom stereocenters. The molecule has 0 amide bonds. The third kappa shape index (κ3) is 3.46. The zero-order chi connectivity index (χ0) is 12.8. The summed E-state index contributed by atoms with van der Waals surface area (Å²) in [6, 6.07) is 10.5. The highest BCUT2D eigenvalue weighted by molar-refractivity contribution is 5.91. The number of hydrogen-bond acceptors (Lipinski definition) is 2. The fraction of sp³-hybridized carbons (Fsp3) is 0.438. The number of rotatable bonds is 5. The molecule has 0 saturated heterocycles. The lowest BCUT2D eigenvalue weighted by Crippen LogP contribution is -2.26. The molecule has 0 spiro atoms. The smallest absolute Gasteiger partial charge is 0.157 e. The molecular weight excluding hydrogens is 222 g/mol. The van der Waals surface area contributed by atoms with E-state index in [0.717, 1.165) is 38.8 Å². The van der Waals surface area contributed by atoms with Gasteiger partial charge in [0.15, 0.2) is 5.78 Å². The third-order valence-electron chi connectivity index (χ3n) is 3.30. The maximum absolute atomic E-state index is 11.5. The van der Waals surface area contributed by atoms with Gasteiger partial charge in [-0.05, 0) is 24.8 Å². The van der Waals surface area contributed by atoms with Crippen molar-refractivity contribution in [1.29, 1.82) is 0 Å². The second-order valence-corrected chi connectivity index (χ2v) is 4.86. The molecule has 0 aliphatic heterocycles. The molecule has 2 heteroatoms. The second-order valence-electron chi connectivity index (χ2n) is 4.86. The molecule has 0 N–H and O–H groups in total. The molecule has 1 aliphatic carbocycles. The molecule has 18 heavy (non-hydrogen) atoms. The maximum Gasteiger partial charge on any atom is 0.157 e. The minimum Gasteiger partial charge on any atom is -0.370 e. The van der Waals surface area contributed by atoms with Gasteiger partial charge in [-0.25, -0.2) is 0 Å². The van der Waals surface area contributed by atoms with Crippen LogP contribution in [0.15, 0.2) is 42.1 Å². The summed E-state index contributed by atoms with van der Waals surface area (Å²) in [7, 11) is 0. The molecular formula is C16H21NO. The van der Waals surface area contributed by atoms with Crippen LogP contribution in [0.5, 0.6) is 0 Å². The van der Waals surface area contributed by atoms with Crippen molar-refractivity contribution in [3.05, 3.63) is 47.7 Å². The summed E-state index contributed by atoms with van der Waals surface area (Å²) >= 11 is 0. The Morgan fingerprint density at radius 2 is 1.94 bits per heavy atom. The van der Waals surface area contributed by atoms with E-state index in [1.54, 1.807) is 0 Å². The van der Waals surface area contributed by atoms with Crippen molar-refractivity contribution in [2.24, 2.45) is 0 Å². The molecule has 1 aromatic carbocycles. The molecule has 0 saturated carbocycles. The van der Waals surface area contributed by atoms with Gasteiger partial charge in [-0.1, -0.05) is 37.3 Å². The number of carbonyl (C=O) groups excluding carboxylic acids is 1. The fourth-order valence-electron chi connectivity index (χ4n) is 2.42. The average Bonchev–Trinajstić information content (AvgIpc) is 2.39. The zero-order valence-electron chi connectivity index (χ0n) is 11.1. The van der Waals surface area contributed by atoms with Crippen LogP contribution < -0.4 is 0 Å². The first-order chi connectivity index (χ1) is 8.79. The standard InChI is InChI=1S/C16H21NO/c1-2-11-17(13-14-7-4-3-5-8-14)15-9-6-10-16(18)12-15/h3-5,7-8,12H,2,6,9-11,13H2,1H3. The molecule has 0 bridgehead atoms. The van der Waals surface area contributed by atoms with Gasteiger partial charge in [-0.3, -0.25) is 4.79 Å². The van der Waals surface area contributed by atoms with E-state index >= 15 is 0 Å². The van der Waals surface area contributed by atoms with E-state index in [1.165, 1.54) is 11.3 Å². The van der Waals surface area contributed by atoms with Crippen LogP contribution in [0.1, 0.15) is 38.2 Å². The van der Waals surface area contributed by atoms with Gasteiger partial charge in [0.1, 0.15) is 0 Å². The van der Waals surface area contributed by atoms with E-state index in [2.05, 4.69) is 36.1 Å². The highest BCUT2D eigenvalue weighted by atomic mass is 16.1. The van der Waals surface area contributed by atoms with E-state index in [9.17, 15) is 4.79 Å². The minimum absolute atomic E-state index is 0.283. The minimum atomic E-state index is 0.283. The predicted octanol–water partition coefficient (Wildman–Crippen LogP) is 3.54. The Morgan fingerprint density at radius 1 is 1.17 bits per heavy atom. The van der Waals surface area contributed by atoms with Crippen LogP contribution in [-0.2, 0) is 11.3 Å². The average molecular weight is 243 g/mol. The lowest BCUT2D eigenvalue weighted by atomic mass is 10.0. The second kappa shape index (κ2) is 6.39. The highest BCUT2D eigenvalue weighted by Gasteiger charge is 2.15. The summed E-state index contributed by atoms with van der Waals surface area (Å²) in [6.45, 7) is 4.12. The van der Waals surface area contributed by atoms with Gasteiger partial charge in [0.05, 0.1) is 0 Å². The molecule has 0 fully saturated rings. The number of ketones is 1. The summed E-state index contributed by atoms with van der Waals surface area (Å²) in [6.07, 6.45) is 5.72. The molecule has 96 valence electrons. The van der Waals surface area contributed by atoms with Crippen LogP contribution in [0, 0.1) is 0 Å². The lowest BCUT2D eigenvalue weighted by Gasteiger charge is -2.29. The number of benzene rings is 1. The van der Waals surface area contributed by atoms with Gasteiger partial charge >= 0.3 is 0 Å². The quantitative estimate of drug-likeness (QED) is 0.788. The Bertz CT molecular complexity index is 422. The van der Waals surface area contributed by atoms with Crippen LogP contribution in [0.4, 0.5) is 0 Å². The van der Waals surface area contributed by atoms with Crippen molar-refractivity contribution in [3.8, 4) is 0 Å². The van der Waals surface area contributed by atoms with Gasteiger partial charge in [0.25, 0.3) is 0 Å². The van der Waals surface area contributed by atoms with Crippen molar-refractivity contribution < 1.29 is 4.79 Å². The van der Waals surface area contributed by atoms with E-state index in [0.29, 0.717) is 0 Å². The number of allylic oxidation sites excluding steroid dienone is 2. The Balaban J connectivity index is 2.10. The largest absolute Gasteiger partial charge is 0.370 e.